The fourth-order valence-electron chi connectivity index (χ4n) is 5.10. The Bertz CT molecular complexity index is 1740. The van der Waals surface area contributed by atoms with Gasteiger partial charge in [0.2, 0.25) is 0 Å². The molecule has 1 aliphatic heterocycles. The van der Waals surface area contributed by atoms with E-state index in [-0.39, 0.29) is 23.4 Å². The molecule has 0 unspecified atom stereocenters. The summed E-state index contributed by atoms with van der Waals surface area (Å²) in [6.45, 7) is 1.68. The molecular weight excluding hydrogens is 639 g/mol. The Morgan fingerprint density at radius 2 is 1.85 bits per heavy atom. The Labute approximate surface area is 272 Å². The van der Waals surface area contributed by atoms with E-state index in [1.165, 1.54) is 17.4 Å². The van der Waals surface area contributed by atoms with E-state index in [1.54, 1.807) is 30.3 Å². The number of aromatic nitrogens is 1. The molecule has 0 saturated carbocycles. The van der Waals surface area contributed by atoms with Crippen LogP contribution in [0.25, 0.3) is 0 Å². The van der Waals surface area contributed by atoms with Crippen molar-refractivity contribution in [2.45, 2.75) is 38.3 Å². The van der Waals surface area contributed by atoms with E-state index in [2.05, 4.69) is 25.7 Å². The average molecular weight is 670 g/mol. The number of carbonyl (C=O) groups is 2. The van der Waals surface area contributed by atoms with Gasteiger partial charge in [-0.25, -0.2) is 10.4 Å². The number of anilines is 2. The zero-order chi connectivity index (χ0) is 32.7. The molecule has 13 heteroatoms. The Morgan fingerprint density at radius 3 is 2.61 bits per heavy atom. The van der Waals surface area contributed by atoms with Gasteiger partial charge < -0.3 is 15.3 Å². The van der Waals surface area contributed by atoms with Crippen LogP contribution in [0.5, 0.6) is 0 Å². The number of aliphatic hydroxyl groups excluding tert-OH is 1. The molecule has 5 rings (SSSR count). The van der Waals surface area contributed by atoms with Crippen LogP contribution in [0.15, 0.2) is 71.1 Å². The van der Waals surface area contributed by atoms with Crippen molar-refractivity contribution in [3.8, 4) is 0 Å². The number of piperidine rings is 1. The molecule has 0 bridgehead atoms. The lowest BCUT2D eigenvalue weighted by Crippen LogP contribution is -2.30. The summed E-state index contributed by atoms with van der Waals surface area (Å²) in [5.41, 5.74) is 4.75. The molecule has 1 fully saturated rings. The number of nitrogens with zero attached hydrogens (tertiary/aromatic N) is 3. The van der Waals surface area contributed by atoms with Crippen molar-refractivity contribution >= 4 is 52.3 Å². The van der Waals surface area contributed by atoms with Crippen LogP contribution in [-0.4, -0.2) is 47.8 Å². The topological polar surface area (TPSA) is 107 Å². The molecule has 0 aliphatic carbocycles. The van der Waals surface area contributed by atoms with Crippen LogP contribution in [0, 0.1) is 0 Å². The van der Waals surface area contributed by atoms with E-state index in [0.717, 1.165) is 72.7 Å². The fraction of sp³-hybridized carbons (Fsp3) is 0.273. The monoisotopic (exact) mass is 669 g/mol. The van der Waals surface area contributed by atoms with E-state index in [4.69, 9.17) is 16.7 Å². The summed E-state index contributed by atoms with van der Waals surface area (Å²) in [5, 5.41) is 18.2. The first-order valence-corrected chi connectivity index (χ1v) is 15.9. The van der Waals surface area contributed by atoms with Gasteiger partial charge in [0, 0.05) is 49.2 Å². The maximum absolute atomic E-state index is 13.4. The molecule has 2 amide bonds. The highest BCUT2D eigenvalue weighted by molar-refractivity contribution is 7.09. The van der Waals surface area contributed by atoms with Gasteiger partial charge in [-0.3, -0.25) is 9.59 Å². The standard InChI is InChI=1S/C33H31ClF3N5O3S/c34-28-9-7-22(16-27(28)33(35,36)37)19-38-41-32(45)26-18-25(42-12-2-1-3-13-42)8-10-29(26)40-31(44)23-6-4-5-21(15-23)17-30-39-24(11-14-43)20-46-30/h4-10,15-16,18-20,43H,1-3,11-14,17H2,(H,40,44)(H,41,45)/b38-19+. The minimum Gasteiger partial charge on any atom is -0.396 e. The molecule has 4 aromatic rings. The molecule has 1 saturated heterocycles. The molecule has 3 N–H and O–H groups in total. The van der Waals surface area contributed by atoms with Crippen molar-refractivity contribution in [2.24, 2.45) is 5.10 Å². The highest BCUT2D eigenvalue weighted by Gasteiger charge is 2.33. The number of hydrazone groups is 1. The van der Waals surface area contributed by atoms with Crippen LogP contribution in [0.3, 0.4) is 0 Å². The first kappa shape index (κ1) is 33.1. The number of thiazole rings is 1. The van der Waals surface area contributed by atoms with Crippen molar-refractivity contribution in [3.05, 3.63) is 110 Å². The zero-order valence-corrected chi connectivity index (χ0v) is 26.2. The van der Waals surface area contributed by atoms with Crippen LogP contribution in [0.4, 0.5) is 24.5 Å². The van der Waals surface area contributed by atoms with Gasteiger partial charge in [0.05, 0.1) is 38.8 Å². The van der Waals surface area contributed by atoms with Gasteiger partial charge in [0.25, 0.3) is 11.8 Å². The Kier molecular flexibility index (Phi) is 10.7. The SMILES string of the molecule is O=C(Nc1ccc(N2CCCCC2)cc1C(=O)N/N=C/c1ccc(Cl)c(C(F)(F)F)c1)c1cccc(Cc2nc(CCO)cs2)c1. The second kappa shape index (κ2) is 14.9. The van der Waals surface area contributed by atoms with Gasteiger partial charge in [0.15, 0.2) is 0 Å². The number of benzene rings is 3. The van der Waals surface area contributed by atoms with E-state index in [9.17, 15) is 22.8 Å². The highest BCUT2D eigenvalue weighted by Crippen LogP contribution is 2.35. The predicted octanol–water partition coefficient (Wildman–Crippen LogP) is 6.95. The summed E-state index contributed by atoms with van der Waals surface area (Å²) < 4.78 is 39.8. The fourth-order valence-corrected chi connectivity index (χ4v) is 6.18. The molecule has 0 radical (unpaired) electrons. The van der Waals surface area contributed by atoms with Crippen LogP contribution < -0.4 is 15.6 Å². The quantitative estimate of drug-likeness (QED) is 0.125. The molecule has 0 atom stereocenters. The lowest BCUT2D eigenvalue weighted by molar-refractivity contribution is -0.137. The zero-order valence-electron chi connectivity index (χ0n) is 24.6. The van der Waals surface area contributed by atoms with E-state index in [0.29, 0.717) is 18.4 Å². The Morgan fingerprint density at radius 1 is 1.04 bits per heavy atom. The first-order valence-electron chi connectivity index (χ1n) is 14.6. The number of nitrogens with one attached hydrogen (secondary N) is 2. The third-order valence-electron chi connectivity index (χ3n) is 7.40. The normalized spacial score (nSPS) is 13.6. The molecular formula is C33H31ClF3N5O3S. The van der Waals surface area contributed by atoms with Crippen LogP contribution in [-0.2, 0) is 19.0 Å². The summed E-state index contributed by atoms with van der Waals surface area (Å²) in [7, 11) is 0. The number of hydrogen-bond donors (Lipinski definition) is 3. The number of halogens is 4. The highest BCUT2D eigenvalue weighted by atomic mass is 35.5. The second-order valence-electron chi connectivity index (χ2n) is 10.8. The van der Waals surface area contributed by atoms with E-state index >= 15 is 0 Å². The molecule has 46 heavy (non-hydrogen) atoms. The summed E-state index contributed by atoms with van der Waals surface area (Å²) >= 11 is 7.19. The Hall–Kier alpha value is -4.26. The van der Waals surface area contributed by atoms with Crippen molar-refractivity contribution in [1.82, 2.24) is 10.4 Å². The number of aliphatic hydroxyl groups is 1. The third-order valence-corrected chi connectivity index (χ3v) is 8.63. The average Bonchev–Trinajstić information content (AvgIpc) is 3.48. The van der Waals surface area contributed by atoms with Gasteiger partial charge in [-0.2, -0.15) is 18.3 Å². The summed E-state index contributed by atoms with van der Waals surface area (Å²) in [4.78, 5) is 33.4. The van der Waals surface area contributed by atoms with Crippen molar-refractivity contribution in [1.29, 1.82) is 0 Å². The Balaban J connectivity index is 1.35. The molecule has 240 valence electrons. The number of hydrogen-bond acceptors (Lipinski definition) is 7. The van der Waals surface area contributed by atoms with Crippen molar-refractivity contribution < 1.29 is 27.9 Å². The molecule has 1 aromatic heterocycles. The number of carbonyl (C=O) groups excluding carboxylic acids is 2. The van der Waals surface area contributed by atoms with Crippen molar-refractivity contribution in [3.63, 3.8) is 0 Å². The maximum atomic E-state index is 13.4. The van der Waals surface area contributed by atoms with Gasteiger partial charge >= 0.3 is 6.18 Å². The lowest BCUT2D eigenvalue weighted by atomic mass is 10.1. The number of rotatable bonds is 10. The molecule has 3 aromatic carbocycles. The summed E-state index contributed by atoms with van der Waals surface area (Å²) in [6, 6.07) is 15.6. The minimum absolute atomic E-state index is 0.0232. The molecule has 8 nitrogen and oxygen atoms in total. The van der Waals surface area contributed by atoms with E-state index in [1.807, 2.05) is 17.5 Å². The predicted molar refractivity (Wildman–Crippen MR) is 174 cm³/mol. The van der Waals surface area contributed by atoms with Gasteiger partial charge in [-0.1, -0.05) is 29.8 Å². The van der Waals surface area contributed by atoms with E-state index < -0.39 is 28.6 Å². The first-order chi connectivity index (χ1) is 22.1. The smallest absolute Gasteiger partial charge is 0.396 e. The van der Waals surface area contributed by atoms with Gasteiger partial charge in [-0.15, -0.1) is 11.3 Å². The van der Waals surface area contributed by atoms with Gasteiger partial charge in [-0.05, 0) is 72.9 Å². The maximum Gasteiger partial charge on any atom is 0.417 e. The van der Waals surface area contributed by atoms with Gasteiger partial charge in [0.1, 0.15) is 0 Å². The molecule has 0 spiro atoms. The molecule has 2 heterocycles. The number of alkyl halides is 3. The largest absolute Gasteiger partial charge is 0.417 e. The van der Waals surface area contributed by atoms with Crippen LogP contribution in [0.2, 0.25) is 5.02 Å². The van der Waals surface area contributed by atoms with Crippen LogP contribution >= 0.6 is 22.9 Å². The second-order valence-corrected chi connectivity index (χ2v) is 12.1. The van der Waals surface area contributed by atoms with Crippen LogP contribution in [0.1, 0.15) is 67.4 Å². The summed E-state index contributed by atoms with van der Waals surface area (Å²) in [6.07, 6.45) is 0.616. The summed E-state index contributed by atoms with van der Waals surface area (Å²) in [5.74, 6) is -1.07. The minimum atomic E-state index is -4.64. The molecule has 1 aliphatic rings. The third kappa shape index (κ3) is 8.51. The number of amides is 2. The lowest BCUT2D eigenvalue weighted by Gasteiger charge is -2.29. The van der Waals surface area contributed by atoms with Crippen molar-refractivity contribution in [2.75, 3.05) is 29.9 Å².